The van der Waals surface area contributed by atoms with Crippen molar-refractivity contribution in [3.05, 3.63) is 24.2 Å². The number of piperidine rings is 1. The molecule has 2 aliphatic heterocycles. The third-order valence-electron chi connectivity index (χ3n) is 4.82. The third kappa shape index (κ3) is 2.87. The number of nitrogens with zero attached hydrogens (tertiary/aromatic N) is 2. The summed E-state index contributed by atoms with van der Waals surface area (Å²) in [6.45, 7) is 9.56. The summed E-state index contributed by atoms with van der Waals surface area (Å²) in [5.41, 5.74) is 1.31. The van der Waals surface area contributed by atoms with Crippen molar-refractivity contribution < 1.29 is 4.42 Å². The van der Waals surface area contributed by atoms with Gasteiger partial charge in [0, 0.05) is 37.3 Å². The highest BCUT2D eigenvalue weighted by atomic mass is 16.3. The Balaban J connectivity index is 1.72. The summed E-state index contributed by atoms with van der Waals surface area (Å²) in [6.07, 6.45) is 7.87. The zero-order valence-corrected chi connectivity index (χ0v) is 12.2. The number of hydrogen-bond acceptors (Lipinski definition) is 3. The van der Waals surface area contributed by atoms with Crippen molar-refractivity contribution in [2.45, 2.75) is 51.7 Å². The van der Waals surface area contributed by atoms with E-state index in [1.54, 1.807) is 6.26 Å². The average Bonchev–Trinajstić information content (AvgIpc) is 2.90. The first-order valence-corrected chi connectivity index (χ1v) is 7.73. The second-order valence-corrected chi connectivity index (χ2v) is 6.52. The van der Waals surface area contributed by atoms with Crippen LogP contribution in [-0.4, -0.2) is 41.5 Å². The minimum atomic E-state index is 0.684. The molecular formula is C16H26N2O. The molecule has 2 saturated heterocycles. The highest BCUT2D eigenvalue weighted by molar-refractivity contribution is 5.06. The second kappa shape index (κ2) is 5.68. The zero-order valence-electron chi connectivity index (χ0n) is 12.2. The molecule has 0 radical (unpaired) electrons. The zero-order chi connectivity index (χ0) is 13.2. The molecule has 1 aromatic rings. The molecule has 106 valence electrons. The maximum atomic E-state index is 5.22. The minimum Gasteiger partial charge on any atom is -0.472 e. The van der Waals surface area contributed by atoms with E-state index in [4.69, 9.17) is 4.42 Å². The van der Waals surface area contributed by atoms with Crippen LogP contribution < -0.4 is 0 Å². The minimum absolute atomic E-state index is 0.684. The molecule has 3 nitrogen and oxygen atoms in total. The van der Waals surface area contributed by atoms with E-state index in [0.717, 1.165) is 18.5 Å². The Morgan fingerprint density at radius 1 is 1.32 bits per heavy atom. The molecule has 2 atom stereocenters. The summed E-state index contributed by atoms with van der Waals surface area (Å²) in [5.74, 6) is 0.717. The van der Waals surface area contributed by atoms with E-state index in [1.165, 1.54) is 44.5 Å². The molecule has 0 amide bonds. The van der Waals surface area contributed by atoms with Gasteiger partial charge in [-0.25, -0.2) is 0 Å². The molecule has 3 heterocycles. The predicted molar refractivity (Wildman–Crippen MR) is 77.0 cm³/mol. The van der Waals surface area contributed by atoms with Gasteiger partial charge < -0.3 is 4.42 Å². The van der Waals surface area contributed by atoms with Crippen LogP contribution in [0.5, 0.6) is 0 Å². The van der Waals surface area contributed by atoms with Gasteiger partial charge in [0.15, 0.2) is 0 Å². The molecule has 19 heavy (non-hydrogen) atoms. The highest BCUT2D eigenvalue weighted by Crippen LogP contribution is 2.28. The molecule has 0 bridgehead atoms. The van der Waals surface area contributed by atoms with Crippen LogP contribution in [0.3, 0.4) is 0 Å². The van der Waals surface area contributed by atoms with E-state index in [-0.39, 0.29) is 0 Å². The molecule has 0 saturated carbocycles. The van der Waals surface area contributed by atoms with Crippen molar-refractivity contribution in [1.29, 1.82) is 0 Å². The van der Waals surface area contributed by atoms with Crippen LogP contribution in [0.15, 0.2) is 23.0 Å². The van der Waals surface area contributed by atoms with Crippen LogP contribution in [0.2, 0.25) is 0 Å². The Kier molecular flexibility index (Phi) is 3.94. The van der Waals surface area contributed by atoms with E-state index in [9.17, 15) is 0 Å². The normalized spacial score (nSPS) is 29.6. The lowest BCUT2D eigenvalue weighted by Crippen LogP contribution is -2.60. The van der Waals surface area contributed by atoms with Crippen molar-refractivity contribution in [2.75, 3.05) is 19.6 Å². The number of piperazine rings is 1. The molecular weight excluding hydrogens is 236 g/mol. The largest absolute Gasteiger partial charge is 0.472 e. The van der Waals surface area contributed by atoms with Gasteiger partial charge in [-0.2, -0.15) is 0 Å². The van der Waals surface area contributed by atoms with Gasteiger partial charge in [-0.1, -0.05) is 20.3 Å². The van der Waals surface area contributed by atoms with Crippen molar-refractivity contribution in [1.82, 2.24) is 9.80 Å². The molecule has 3 rings (SSSR count). The topological polar surface area (TPSA) is 19.6 Å². The molecule has 2 aliphatic rings. The first-order chi connectivity index (χ1) is 9.24. The highest BCUT2D eigenvalue weighted by Gasteiger charge is 2.36. The molecule has 0 spiro atoms. The van der Waals surface area contributed by atoms with Crippen LogP contribution in [0.25, 0.3) is 0 Å². The lowest BCUT2D eigenvalue weighted by molar-refractivity contribution is -0.0119. The Hall–Kier alpha value is -0.800. The van der Waals surface area contributed by atoms with Crippen molar-refractivity contribution >= 4 is 0 Å². The van der Waals surface area contributed by atoms with Gasteiger partial charge in [0.1, 0.15) is 0 Å². The van der Waals surface area contributed by atoms with Gasteiger partial charge in [0.2, 0.25) is 0 Å². The molecule has 0 N–H and O–H groups in total. The Bertz CT molecular complexity index is 387. The van der Waals surface area contributed by atoms with Gasteiger partial charge in [0.25, 0.3) is 0 Å². The number of furan rings is 1. The molecule has 0 aromatic carbocycles. The average molecular weight is 262 g/mol. The van der Waals surface area contributed by atoms with E-state index in [1.807, 2.05) is 6.26 Å². The summed E-state index contributed by atoms with van der Waals surface area (Å²) in [7, 11) is 0. The number of rotatable bonds is 3. The van der Waals surface area contributed by atoms with Crippen molar-refractivity contribution in [3.63, 3.8) is 0 Å². The molecule has 2 unspecified atom stereocenters. The number of hydrogen-bond donors (Lipinski definition) is 0. The van der Waals surface area contributed by atoms with Crippen LogP contribution in [0, 0.1) is 5.92 Å². The smallest absolute Gasteiger partial charge is 0.0947 e. The second-order valence-electron chi connectivity index (χ2n) is 6.52. The van der Waals surface area contributed by atoms with Crippen molar-refractivity contribution in [2.24, 2.45) is 5.92 Å². The summed E-state index contributed by atoms with van der Waals surface area (Å²) in [5, 5.41) is 0. The Morgan fingerprint density at radius 3 is 2.95 bits per heavy atom. The predicted octanol–water partition coefficient (Wildman–Crippen LogP) is 2.97. The van der Waals surface area contributed by atoms with Gasteiger partial charge in [-0.05, 0) is 31.4 Å². The van der Waals surface area contributed by atoms with Crippen LogP contribution in [0.4, 0.5) is 0 Å². The molecule has 0 aliphatic carbocycles. The van der Waals surface area contributed by atoms with Crippen LogP contribution in [0.1, 0.15) is 38.7 Å². The standard InChI is InChI=1S/C16H26N2O/c1-13(2)16-11-17-7-4-3-5-15(17)10-18(16)9-14-6-8-19-12-14/h6,8,12-13,15-16H,3-5,7,9-11H2,1-2H3. The lowest BCUT2D eigenvalue weighted by Gasteiger charge is -2.49. The molecule has 3 heteroatoms. The quantitative estimate of drug-likeness (QED) is 0.835. The van der Waals surface area contributed by atoms with Crippen LogP contribution >= 0.6 is 0 Å². The van der Waals surface area contributed by atoms with E-state index in [0.29, 0.717) is 6.04 Å². The lowest BCUT2D eigenvalue weighted by atomic mass is 9.92. The van der Waals surface area contributed by atoms with E-state index < -0.39 is 0 Å². The van der Waals surface area contributed by atoms with Gasteiger partial charge in [0.05, 0.1) is 12.5 Å². The summed E-state index contributed by atoms with van der Waals surface area (Å²) < 4.78 is 5.22. The fraction of sp³-hybridized carbons (Fsp3) is 0.750. The molecule has 1 aromatic heterocycles. The maximum absolute atomic E-state index is 5.22. The monoisotopic (exact) mass is 262 g/mol. The fourth-order valence-corrected chi connectivity index (χ4v) is 3.70. The Morgan fingerprint density at radius 2 is 2.21 bits per heavy atom. The van der Waals surface area contributed by atoms with Crippen LogP contribution in [-0.2, 0) is 6.54 Å². The van der Waals surface area contributed by atoms with E-state index >= 15 is 0 Å². The SMILES string of the molecule is CC(C)C1CN2CCCCC2CN1Cc1ccoc1. The van der Waals surface area contributed by atoms with Gasteiger partial charge in [-0.15, -0.1) is 0 Å². The Labute approximate surface area is 116 Å². The maximum Gasteiger partial charge on any atom is 0.0947 e. The first-order valence-electron chi connectivity index (χ1n) is 7.73. The first kappa shape index (κ1) is 13.2. The number of fused-ring (bicyclic) bond motifs is 1. The fourth-order valence-electron chi connectivity index (χ4n) is 3.70. The molecule has 2 fully saturated rings. The van der Waals surface area contributed by atoms with Gasteiger partial charge in [-0.3, -0.25) is 9.80 Å². The summed E-state index contributed by atoms with van der Waals surface area (Å²) >= 11 is 0. The van der Waals surface area contributed by atoms with Gasteiger partial charge >= 0.3 is 0 Å². The summed E-state index contributed by atoms with van der Waals surface area (Å²) in [4.78, 5) is 5.42. The third-order valence-corrected chi connectivity index (χ3v) is 4.82. The summed E-state index contributed by atoms with van der Waals surface area (Å²) in [6, 6.07) is 3.57. The van der Waals surface area contributed by atoms with Crippen molar-refractivity contribution in [3.8, 4) is 0 Å². The van der Waals surface area contributed by atoms with E-state index in [2.05, 4.69) is 29.7 Å².